The summed E-state index contributed by atoms with van der Waals surface area (Å²) in [7, 11) is 1.59. The summed E-state index contributed by atoms with van der Waals surface area (Å²) in [6, 6.07) is 11.5. The van der Waals surface area contributed by atoms with Gasteiger partial charge in [0.2, 0.25) is 5.91 Å². The molecule has 0 heterocycles. The van der Waals surface area contributed by atoms with Crippen molar-refractivity contribution in [1.82, 2.24) is 0 Å². The molecule has 0 bridgehead atoms. The Bertz CT molecular complexity index is 681. The second-order valence-electron chi connectivity index (χ2n) is 5.42. The van der Waals surface area contributed by atoms with Crippen molar-refractivity contribution in [2.45, 2.75) is 26.7 Å². The summed E-state index contributed by atoms with van der Waals surface area (Å²) in [5, 5.41) is 2.92. The zero-order valence-electron chi connectivity index (χ0n) is 13.3. The Morgan fingerprint density at radius 2 is 1.91 bits per heavy atom. The monoisotopic (exact) mass is 298 g/mol. The van der Waals surface area contributed by atoms with Crippen LogP contribution < -0.4 is 15.8 Å². The summed E-state index contributed by atoms with van der Waals surface area (Å²) in [5.74, 6) is 0.654. The van der Waals surface area contributed by atoms with Crippen LogP contribution in [0.3, 0.4) is 0 Å². The summed E-state index contributed by atoms with van der Waals surface area (Å²) in [6.07, 6.45) is 1.06. The van der Waals surface area contributed by atoms with Crippen LogP contribution in [0.25, 0.3) is 0 Å². The van der Waals surface area contributed by atoms with E-state index in [0.29, 0.717) is 24.3 Å². The normalized spacial score (nSPS) is 10.3. The van der Waals surface area contributed by atoms with Crippen LogP contribution in [0, 0.1) is 13.8 Å². The van der Waals surface area contributed by atoms with Gasteiger partial charge in [-0.2, -0.15) is 0 Å². The SMILES string of the molecule is COc1ccc(CCC(=O)Nc2ccc(C)c(C)c2)cc1N. The number of hydrogen-bond acceptors (Lipinski definition) is 3. The predicted molar refractivity (Wildman–Crippen MR) is 90.3 cm³/mol. The van der Waals surface area contributed by atoms with Gasteiger partial charge in [-0.25, -0.2) is 0 Å². The van der Waals surface area contributed by atoms with Crippen molar-refractivity contribution in [3.8, 4) is 5.75 Å². The molecule has 116 valence electrons. The maximum atomic E-state index is 12.0. The molecule has 0 aliphatic rings. The summed E-state index contributed by atoms with van der Waals surface area (Å²) >= 11 is 0. The first-order chi connectivity index (χ1) is 10.5. The number of aryl methyl sites for hydroxylation is 3. The van der Waals surface area contributed by atoms with Gasteiger partial charge < -0.3 is 15.8 Å². The number of nitrogen functional groups attached to an aromatic ring is 1. The van der Waals surface area contributed by atoms with Crippen LogP contribution in [0.15, 0.2) is 36.4 Å². The number of anilines is 2. The molecular weight excluding hydrogens is 276 g/mol. The number of carbonyl (C=O) groups is 1. The van der Waals surface area contributed by atoms with Crippen LogP contribution >= 0.6 is 0 Å². The Kier molecular flexibility index (Phi) is 5.04. The number of nitrogens with one attached hydrogen (secondary N) is 1. The number of carbonyl (C=O) groups excluding carboxylic acids is 1. The maximum Gasteiger partial charge on any atom is 0.224 e. The fraction of sp³-hybridized carbons (Fsp3) is 0.278. The van der Waals surface area contributed by atoms with E-state index >= 15 is 0 Å². The van der Waals surface area contributed by atoms with E-state index in [4.69, 9.17) is 10.5 Å². The van der Waals surface area contributed by atoms with Gasteiger partial charge in [-0.1, -0.05) is 12.1 Å². The highest BCUT2D eigenvalue weighted by Crippen LogP contribution is 2.22. The number of ether oxygens (including phenoxy) is 1. The number of benzene rings is 2. The smallest absolute Gasteiger partial charge is 0.224 e. The Balaban J connectivity index is 1.92. The molecule has 4 heteroatoms. The van der Waals surface area contributed by atoms with Gasteiger partial charge in [0, 0.05) is 12.1 Å². The first kappa shape index (κ1) is 15.9. The summed E-state index contributed by atoms with van der Waals surface area (Å²) in [5.41, 5.74) is 10.7. The van der Waals surface area contributed by atoms with E-state index in [9.17, 15) is 4.79 Å². The zero-order chi connectivity index (χ0) is 16.1. The molecule has 0 aliphatic heterocycles. The van der Waals surface area contributed by atoms with E-state index in [2.05, 4.69) is 12.2 Å². The highest BCUT2D eigenvalue weighted by molar-refractivity contribution is 5.91. The van der Waals surface area contributed by atoms with Crippen LogP contribution in [0.2, 0.25) is 0 Å². The highest BCUT2D eigenvalue weighted by atomic mass is 16.5. The van der Waals surface area contributed by atoms with Gasteiger partial charge in [-0.15, -0.1) is 0 Å². The third-order valence-electron chi connectivity index (χ3n) is 3.73. The molecule has 2 aromatic rings. The predicted octanol–water partition coefficient (Wildman–Crippen LogP) is 3.47. The standard InChI is InChI=1S/C18H22N2O2/c1-12-4-7-15(10-13(12)2)20-18(21)9-6-14-5-8-17(22-3)16(19)11-14/h4-5,7-8,10-11H,6,9,19H2,1-3H3,(H,20,21). The highest BCUT2D eigenvalue weighted by Gasteiger charge is 2.06. The van der Waals surface area contributed by atoms with Gasteiger partial charge in [-0.05, 0) is 61.2 Å². The number of hydrogen-bond donors (Lipinski definition) is 2. The van der Waals surface area contributed by atoms with Crippen LogP contribution in [0.4, 0.5) is 11.4 Å². The molecule has 0 fully saturated rings. The molecule has 1 amide bonds. The Hall–Kier alpha value is -2.49. The average molecular weight is 298 g/mol. The molecule has 0 aromatic heterocycles. The minimum atomic E-state index is -0.00218. The number of rotatable bonds is 5. The van der Waals surface area contributed by atoms with Gasteiger partial charge in [0.05, 0.1) is 12.8 Å². The van der Waals surface area contributed by atoms with Crippen LogP contribution in [0.5, 0.6) is 5.75 Å². The molecule has 0 aliphatic carbocycles. The quantitative estimate of drug-likeness (QED) is 0.831. The number of methoxy groups -OCH3 is 1. The molecule has 0 saturated carbocycles. The van der Waals surface area contributed by atoms with Crippen molar-refractivity contribution in [2.24, 2.45) is 0 Å². The molecule has 4 nitrogen and oxygen atoms in total. The van der Waals surface area contributed by atoms with Gasteiger partial charge in [0.25, 0.3) is 0 Å². The van der Waals surface area contributed by atoms with E-state index in [1.165, 1.54) is 11.1 Å². The third kappa shape index (κ3) is 4.01. The first-order valence-electron chi connectivity index (χ1n) is 7.29. The van der Waals surface area contributed by atoms with E-state index in [-0.39, 0.29) is 5.91 Å². The van der Waals surface area contributed by atoms with Crippen LogP contribution in [-0.4, -0.2) is 13.0 Å². The third-order valence-corrected chi connectivity index (χ3v) is 3.73. The van der Waals surface area contributed by atoms with E-state index < -0.39 is 0 Å². The lowest BCUT2D eigenvalue weighted by molar-refractivity contribution is -0.116. The van der Waals surface area contributed by atoms with E-state index in [1.54, 1.807) is 7.11 Å². The van der Waals surface area contributed by atoms with E-state index in [0.717, 1.165) is 11.3 Å². The summed E-state index contributed by atoms with van der Waals surface area (Å²) < 4.78 is 5.12. The fourth-order valence-electron chi connectivity index (χ4n) is 2.24. The largest absolute Gasteiger partial charge is 0.495 e. The number of nitrogens with two attached hydrogens (primary N) is 1. The minimum absolute atomic E-state index is 0.00218. The molecule has 0 spiro atoms. The second kappa shape index (κ2) is 6.98. The molecule has 2 aromatic carbocycles. The molecule has 2 rings (SSSR count). The van der Waals surface area contributed by atoms with Crippen molar-refractivity contribution in [1.29, 1.82) is 0 Å². The van der Waals surface area contributed by atoms with Crippen molar-refractivity contribution in [3.63, 3.8) is 0 Å². The number of amides is 1. The van der Waals surface area contributed by atoms with Gasteiger partial charge in [0.15, 0.2) is 0 Å². The molecule has 0 atom stereocenters. The lowest BCUT2D eigenvalue weighted by Gasteiger charge is -2.09. The molecule has 3 N–H and O–H groups in total. The Morgan fingerprint density at radius 3 is 2.55 bits per heavy atom. The molecule has 0 unspecified atom stereocenters. The molecule has 22 heavy (non-hydrogen) atoms. The Labute approximate surface area is 131 Å². The van der Waals surface area contributed by atoms with Crippen LogP contribution in [-0.2, 0) is 11.2 Å². The Morgan fingerprint density at radius 1 is 1.14 bits per heavy atom. The zero-order valence-corrected chi connectivity index (χ0v) is 13.3. The van der Waals surface area contributed by atoms with Gasteiger partial charge >= 0.3 is 0 Å². The first-order valence-corrected chi connectivity index (χ1v) is 7.29. The summed E-state index contributed by atoms with van der Waals surface area (Å²) in [6.45, 7) is 4.08. The lowest BCUT2D eigenvalue weighted by atomic mass is 10.1. The molecular formula is C18H22N2O2. The van der Waals surface area contributed by atoms with Crippen molar-refractivity contribution < 1.29 is 9.53 Å². The van der Waals surface area contributed by atoms with Crippen molar-refractivity contribution >= 4 is 17.3 Å². The van der Waals surface area contributed by atoms with Gasteiger partial charge in [0.1, 0.15) is 5.75 Å². The maximum absolute atomic E-state index is 12.0. The fourth-order valence-corrected chi connectivity index (χ4v) is 2.24. The minimum Gasteiger partial charge on any atom is -0.495 e. The second-order valence-corrected chi connectivity index (χ2v) is 5.42. The van der Waals surface area contributed by atoms with Crippen molar-refractivity contribution in [3.05, 3.63) is 53.1 Å². The lowest BCUT2D eigenvalue weighted by Crippen LogP contribution is -2.12. The topological polar surface area (TPSA) is 64.3 Å². The summed E-state index contributed by atoms with van der Waals surface area (Å²) in [4.78, 5) is 12.0. The van der Waals surface area contributed by atoms with Gasteiger partial charge in [-0.3, -0.25) is 4.79 Å². The molecule has 0 saturated heterocycles. The average Bonchev–Trinajstić information content (AvgIpc) is 2.49. The van der Waals surface area contributed by atoms with E-state index in [1.807, 2.05) is 43.3 Å². The van der Waals surface area contributed by atoms with Crippen molar-refractivity contribution in [2.75, 3.05) is 18.2 Å². The molecule has 0 radical (unpaired) electrons. The van der Waals surface area contributed by atoms with Crippen LogP contribution in [0.1, 0.15) is 23.1 Å².